The van der Waals surface area contributed by atoms with Gasteiger partial charge in [-0.2, -0.15) is 5.10 Å². The Morgan fingerprint density at radius 1 is 1.53 bits per heavy atom. The van der Waals surface area contributed by atoms with Gasteiger partial charge in [0.15, 0.2) is 15.7 Å². The highest BCUT2D eigenvalue weighted by molar-refractivity contribution is 7.91. The minimum atomic E-state index is -2.98. The molecule has 1 aromatic rings. The number of amides is 2. The van der Waals surface area contributed by atoms with Gasteiger partial charge < -0.3 is 5.32 Å². The van der Waals surface area contributed by atoms with Crippen molar-refractivity contribution >= 4 is 21.7 Å². The number of nitrogens with one attached hydrogen (secondary N) is 2. The summed E-state index contributed by atoms with van der Waals surface area (Å²) in [7, 11) is -2.98. The molecule has 1 aliphatic rings. The van der Waals surface area contributed by atoms with Crippen LogP contribution in [0.1, 0.15) is 26.3 Å². The standard InChI is InChI=1S/C11H18N4O3S/c1-8(2)15-5-3-10(14-15)13-11(16)12-9-4-6-19(17,18)7-9/h3,5,8-9H,4,6-7H2,1-2H3,(H2,12,13,14,16)/t9-/m0/s1. The van der Waals surface area contributed by atoms with Crippen LogP contribution in [0.3, 0.4) is 0 Å². The molecule has 0 saturated carbocycles. The van der Waals surface area contributed by atoms with Crippen molar-refractivity contribution in [1.29, 1.82) is 0 Å². The summed E-state index contributed by atoms with van der Waals surface area (Å²) in [5, 5.41) is 9.42. The van der Waals surface area contributed by atoms with Gasteiger partial charge >= 0.3 is 6.03 Å². The van der Waals surface area contributed by atoms with E-state index in [1.165, 1.54) is 0 Å². The van der Waals surface area contributed by atoms with Crippen LogP contribution >= 0.6 is 0 Å². The predicted octanol–water partition coefficient (Wildman–Crippen LogP) is 0.773. The SMILES string of the molecule is CC(C)n1ccc(NC(=O)N[C@H]2CCS(=O)(=O)C2)n1. The lowest BCUT2D eigenvalue weighted by molar-refractivity contribution is 0.249. The fourth-order valence-electron chi connectivity index (χ4n) is 1.94. The Balaban J connectivity index is 1.87. The Morgan fingerprint density at radius 2 is 2.26 bits per heavy atom. The van der Waals surface area contributed by atoms with Gasteiger partial charge in [-0.3, -0.25) is 10.00 Å². The molecule has 1 atom stereocenters. The molecule has 0 unspecified atom stereocenters. The van der Waals surface area contributed by atoms with E-state index in [0.717, 1.165) is 0 Å². The van der Waals surface area contributed by atoms with Crippen molar-refractivity contribution in [2.75, 3.05) is 16.8 Å². The molecule has 7 nitrogen and oxygen atoms in total. The summed E-state index contributed by atoms with van der Waals surface area (Å²) in [5.74, 6) is 0.605. The molecule has 106 valence electrons. The number of nitrogens with zero attached hydrogens (tertiary/aromatic N) is 2. The predicted molar refractivity (Wildman–Crippen MR) is 71.8 cm³/mol. The monoisotopic (exact) mass is 286 g/mol. The molecule has 1 aromatic heterocycles. The normalized spacial score (nSPS) is 21.5. The smallest absolute Gasteiger partial charge is 0.320 e. The first-order chi connectivity index (χ1) is 8.85. The average Bonchev–Trinajstić information content (AvgIpc) is 2.85. The van der Waals surface area contributed by atoms with Crippen LogP contribution in [-0.4, -0.2) is 41.8 Å². The largest absolute Gasteiger partial charge is 0.334 e. The summed E-state index contributed by atoms with van der Waals surface area (Å²) in [6.07, 6.45) is 2.25. The van der Waals surface area contributed by atoms with Gasteiger partial charge in [-0.15, -0.1) is 0 Å². The summed E-state index contributed by atoms with van der Waals surface area (Å²) in [6, 6.07) is 1.19. The quantitative estimate of drug-likeness (QED) is 0.858. The Bertz CT molecular complexity index is 564. The van der Waals surface area contributed by atoms with Crippen molar-refractivity contribution in [1.82, 2.24) is 15.1 Å². The maximum Gasteiger partial charge on any atom is 0.320 e. The van der Waals surface area contributed by atoms with E-state index in [2.05, 4.69) is 15.7 Å². The third-order valence-electron chi connectivity index (χ3n) is 2.95. The van der Waals surface area contributed by atoms with Gasteiger partial charge in [-0.05, 0) is 20.3 Å². The zero-order valence-corrected chi connectivity index (χ0v) is 11.8. The first kappa shape index (κ1) is 13.9. The first-order valence-electron chi connectivity index (χ1n) is 6.19. The molecular weight excluding hydrogens is 268 g/mol. The molecule has 1 aliphatic heterocycles. The number of carbonyl (C=O) groups excluding carboxylic acids is 1. The highest BCUT2D eigenvalue weighted by Gasteiger charge is 2.28. The van der Waals surface area contributed by atoms with Crippen molar-refractivity contribution in [2.24, 2.45) is 0 Å². The number of hydrogen-bond acceptors (Lipinski definition) is 4. The number of sulfone groups is 1. The lowest BCUT2D eigenvalue weighted by Crippen LogP contribution is -2.38. The fourth-order valence-corrected chi connectivity index (χ4v) is 3.61. The lowest BCUT2D eigenvalue weighted by Gasteiger charge is -2.10. The fraction of sp³-hybridized carbons (Fsp3) is 0.636. The molecule has 8 heteroatoms. The summed E-state index contributed by atoms with van der Waals surface area (Å²) in [5.41, 5.74) is 0. The number of hydrogen-bond donors (Lipinski definition) is 2. The summed E-state index contributed by atoms with van der Waals surface area (Å²) in [4.78, 5) is 11.7. The van der Waals surface area contributed by atoms with E-state index in [1.54, 1.807) is 16.9 Å². The van der Waals surface area contributed by atoms with Gasteiger partial charge in [0, 0.05) is 24.3 Å². The third-order valence-corrected chi connectivity index (χ3v) is 4.71. The van der Waals surface area contributed by atoms with Gasteiger partial charge in [-0.1, -0.05) is 0 Å². The second kappa shape index (κ2) is 5.20. The highest BCUT2D eigenvalue weighted by Crippen LogP contribution is 2.12. The van der Waals surface area contributed by atoms with Gasteiger partial charge in [0.05, 0.1) is 11.5 Å². The zero-order valence-electron chi connectivity index (χ0n) is 11.0. The summed E-state index contributed by atoms with van der Waals surface area (Å²) < 4.78 is 24.3. The van der Waals surface area contributed by atoms with Crippen LogP contribution in [0.5, 0.6) is 0 Å². The average molecular weight is 286 g/mol. The van der Waals surface area contributed by atoms with E-state index in [1.807, 2.05) is 13.8 Å². The second-order valence-electron chi connectivity index (χ2n) is 4.97. The minimum absolute atomic E-state index is 0.0147. The Morgan fingerprint density at radius 3 is 2.79 bits per heavy atom. The van der Waals surface area contributed by atoms with Gasteiger partial charge in [0.2, 0.25) is 0 Å². The number of urea groups is 1. The molecular formula is C11H18N4O3S. The van der Waals surface area contributed by atoms with E-state index >= 15 is 0 Å². The highest BCUT2D eigenvalue weighted by atomic mass is 32.2. The number of carbonyl (C=O) groups is 1. The minimum Gasteiger partial charge on any atom is -0.334 e. The van der Waals surface area contributed by atoms with E-state index in [-0.39, 0.29) is 23.6 Å². The van der Waals surface area contributed by atoms with E-state index in [9.17, 15) is 13.2 Å². The van der Waals surface area contributed by atoms with Crippen LogP contribution in [0, 0.1) is 0 Å². The molecule has 2 rings (SSSR count). The van der Waals surface area contributed by atoms with Crippen LogP contribution in [0.15, 0.2) is 12.3 Å². The molecule has 2 N–H and O–H groups in total. The molecule has 2 amide bonds. The maximum atomic E-state index is 11.7. The number of aromatic nitrogens is 2. The zero-order chi connectivity index (χ0) is 14.0. The van der Waals surface area contributed by atoms with Crippen LogP contribution < -0.4 is 10.6 Å². The number of anilines is 1. The molecule has 0 bridgehead atoms. The van der Waals surface area contributed by atoms with Crippen LogP contribution in [-0.2, 0) is 9.84 Å². The van der Waals surface area contributed by atoms with Crippen LogP contribution in [0.25, 0.3) is 0 Å². The molecule has 1 saturated heterocycles. The van der Waals surface area contributed by atoms with Crippen LogP contribution in [0.2, 0.25) is 0 Å². The van der Waals surface area contributed by atoms with Crippen molar-refractivity contribution in [2.45, 2.75) is 32.4 Å². The molecule has 0 spiro atoms. The Hall–Kier alpha value is -1.57. The van der Waals surface area contributed by atoms with Crippen molar-refractivity contribution in [3.05, 3.63) is 12.3 Å². The van der Waals surface area contributed by atoms with Gasteiger partial charge in [0.1, 0.15) is 0 Å². The summed E-state index contributed by atoms with van der Waals surface area (Å²) >= 11 is 0. The van der Waals surface area contributed by atoms with E-state index in [0.29, 0.717) is 12.2 Å². The van der Waals surface area contributed by atoms with Crippen molar-refractivity contribution < 1.29 is 13.2 Å². The molecule has 0 aromatic carbocycles. The van der Waals surface area contributed by atoms with Crippen molar-refractivity contribution in [3.63, 3.8) is 0 Å². The topological polar surface area (TPSA) is 93.1 Å². The second-order valence-corrected chi connectivity index (χ2v) is 7.20. The third kappa shape index (κ3) is 3.69. The Kier molecular flexibility index (Phi) is 3.79. The van der Waals surface area contributed by atoms with Crippen LogP contribution in [0.4, 0.5) is 10.6 Å². The van der Waals surface area contributed by atoms with Gasteiger partial charge in [0.25, 0.3) is 0 Å². The Labute approximate surface area is 112 Å². The molecule has 1 fully saturated rings. The lowest BCUT2D eigenvalue weighted by atomic mass is 10.3. The van der Waals surface area contributed by atoms with Gasteiger partial charge in [-0.25, -0.2) is 13.2 Å². The van der Waals surface area contributed by atoms with Crippen molar-refractivity contribution in [3.8, 4) is 0 Å². The molecule has 0 radical (unpaired) electrons. The maximum absolute atomic E-state index is 11.7. The van der Waals surface area contributed by atoms with E-state index < -0.39 is 15.9 Å². The molecule has 2 heterocycles. The number of rotatable bonds is 3. The summed E-state index contributed by atoms with van der Waals surface area (Å²) in [6.45, 7) is 3.97. The molecule has 19 heavy (non-hydrogen) atoms. The first-order valence-corrected chi connectivity index (χ1v) is 8.01. The van der Waals surface area contributed by atoms with E-state index in [4.69, 9.17) is 0 Å². The molecule has 0 aliphatic carbocycles.